The molecule has 0 aliphatic rings. The van der Waals surface area contributed by atoms with E-state index in [0.29, 0.717) is 5.82 Å². The van der Waals surface area contributed by atoms with Gasteiger partial charge in [0.25, 0.3) is 0 Å². The minimum atomic E-state index is 0.679. The number of benzene rings is 3. The van der Waals surface area contributed by atoms with Crippen molar-refractivity contribution in [3.8, 4) is 22.1 Å². The third kappa shape index (κ3) is 2.47. The second-order valence-electron chi connectivity index (χ2n) is 5.77. The molecule has 0 atom stereocenters. The number of nitrogens with zero attached hydrogens (tertiary/aromatic N) is 3. The summed E-state index contributed by atoms with van der Waals surface area (Å²) in [5, 5.41) is 1.91. The highest BCUT2D eigenvalue weighted by atomic mass is 32.1. The van der Waals surface area contributed by atoms with Crippen LogP contribution in [0.15, 0.2) is 78.9 Å². The zero-order valence-electron chi connectivity index (χ0n) is 13.3. The van der Waals surface area contributed by atoms with Crippen LogP contribution in [0.4, 0.5) is 0 Å². The van der Waals surface area contributed by atoms with E-state index >= 15 is 0 Å². The maximum Gasteiger partial charge on any atom is 0.189 e. The molecule has 0 aliphatic heterocycles. The van der Waals surface area contributed by atoms with Gasteiger partial charge in [-0.05, 0) is 18.2 Å². The van der Waals surface area contributed by atoms with Gasteiger partial charge in [-0.2, -0.15) is 0 Å². The molecule has 5 rings (SSSR count). The predicted octanol–water partition coefficient (Wildman–Crippen LogP) is 5.57. The summed E-state index contributed by atoms with van der Waals surface area (Å²) >= 11 is 1.63. The highest BCUT2D eigenvalue weighted by molar-refractivity contribution is 7.21. The number of aromatic nitrogens is 3. The fourth-order valence-electron chi connectivity index (χ4n) is 2.96. The largest absolute Gasteiger partial charge is 0.233 e. The lowest BCUT2D eigenvalue weighted by atomic mass is 10.1. The SMILES string of the molecule is c1ccc(-c2nc(-c3nc4ccccc4s3)nc3ccccc23)cc1. The number of para-hydroxylation sites is 2. The normalized spacial score (nSPS) is 11.2. The van der Waals surface area contributed by atoms with Crippen molar-refractivity contribution >= 4 is 32.5 Å². The van der Waals surface area contributed by atoms with Crippen LogP contribution in [0.5, 0.6) is 0 Å². The van der Waals surface area contributed by atoms with Crippen LogP contribution in [0.2, 0.25) is 0 Å². The van der Waals surface area contributed by atoms with E-state index in [1.807, 2.05) is 54.6 Å². The highest BCUT2D eigenvalue weighted by Gasteiger charge is 2.14. The lowest BCUT2D eigenvalue weighted by molar-refractivity contribution is 1.22. The van der Waals surface area contributed by atoms with Crippen LogP contribution < -0.4 is 0 Å². The minimum absolute atomic E-state index is 0.679. The van der Waals surface area contributed by atoms with Gasteiger partial charge in [-0.1, -0.05) is 60.7 Å². The van der Waals surface area contributed by atoms with E-state index in [2.05, 4.69) is 24.3 Å². The second kappa shape index (κ2) is 5.76. The zero-order valence-corrected chi connectivity index (χ0v) is 14.1. The van der Waals surface area contributed by atoms with E-state index in [9.17, 15) is 0 Å². The van der Waals surface area contributed by atoms with Gasteiger partial charge in [0.2, 0.25) is 0 Å². The van der Waals surface area contributed by atoms with E-state index in [1.54, 1.807) is 11.3 Å². The zero-order chi connectivity index (χ0) is 16.6. The summed E-state index contributed by atoms with van der Waals surface area (Å²) < 4.78 is 1.15. The van der Waals surface area contributed by atoms with E-state index in [-0.39, 0.29) is 0 Å². The molecule has 0 spiro atoms. The molecule has 0 amide bonds. The summed E-state index contributed by atoms with van der Waals surface area (Å²) in [6.45, 7) is 0. The van der Waals surface area contributed by atoms with E-state index in [0.717, 1.165) is 37.4 Å². The molecule has 0 saturated carbocycles. The Labute approximate surface area is 148 Å². The van der Waals surface area contributed by atoms with Gasteiger partial charge in [0.05, 0.1) is 21.4 Å². The van der Waals surface area contributed by atoms with E-state index in [4.69, 9.17) is 15.0 Å². The van der Waals surface area contributed by atoms with Crippen LogP contribution in [0.25, 0.3) is 43.2 Å². The Morgan fingerprint density at radius 2 is 1.32 bits per heavy atom. The average molecular weight is 339 g/mol. The lowest BCUT2D eigenvalue weighted by Crippen LogP contribution is -1.94. The number of hydrogen-bond donors (Lipinski definition) is 0. The predicted molar refractivity (Wildman–Crippen MR) is 104 cm³/mol. The van der Waals surface area contributed by atoms with Gasteiger partial charge in [0, 0.05) is 10.9 Å². The van der Waals surface area contributed by atoms with Crippen molar-refractivity contribution in [1.82, 2.24) is 15.0 Å². The minimum Gasteiger partial charge on any atom is -0.233 e. The van der Waals surface area contributed by atoms with Gasteiger partial charge in [-0.15, -0.1) is 11.3 Å². The molecule has 0 radical (unpaired) electrons. The summed E-state index contributed by atoms with van der Waals surface area (Å²) in [6.07, 6.45) is 0. The second-order valence-corrected chi connectivity index (χ2v) is 6.80. The highest BCUT2D eigenvalue weighted by Crippen LogP contribution is 2.32. The molecule has 0 unspecified atom stereocenters. The maximum absolute atomic E-state index is 4.87. The van der Waals surface area contributed by atoms with Crippen LogP contribution >= 0.6 is 11.3 Å². The van der Waals surface area contributed by atoms with Crippen LogP contribution in [-0.4, -0.2) is 15.0 Å². The molecule has 0 fully saturated rings. The van der Waals surface area contributed by atoms with Crippen molar-refractivity contribution in [2.75, 3.05) is 0 Å². The fraction of sp³-hybridized carbons (Fsp3) is 0. The Morgan fingerprint density at radius 1 is 0.600 bits per heavy atom. The summed E-state index contributed by atoms with van der Waals surface area (Å²) in [4.78, 5) is 14.4. The Balaban J connectivity index is 1.79. The van der Waals surface area contributed by atoms with Gasteiger partial charge < -0.3 is 0 Å². The monoisotopic (exact) mass is 339 g/mol. The summed E-state index contributed by atoms with van der Waals surface area (Å²) in [6, 6.07) is 26.5. The lowest BCUT2D eigenvalue weighted by Gasteiger charge is -2.07. The summed E-state index contributed by atoms with van der Waals surface area (Å²) in [5.41, 5.74) is 3.95. The molecule has 118 valence electrons. The van der Waals surface area contributed by atoms with Gasteiger partial charge in [0.15, 0.2) is 10.8 Å². The maximum atomic E-state index is 4.87. The van der Waals surface area contributed by atoms with Crippen LogP contribution in [0, 0.1) is 0 Å². The first kappa shape index (κ1) is 14.3. The van der Waals surface area contributed by atoms with Gasteiger partial charge in [0.1, 0.15) is 0 Å². The van der Waals surface area contributed by atoms with Crippen molar-refractivity contribution in [1.29, 1.82) is 0 Å². The van der Waals surface area contributed by atoms with E-state index in [1.165, 1.54) is 0 Å². The Bertz CT molecular complexity index is 1160. The van der Waals surface area contributed by atoms with E-state index < -0.39 is 0 Å². The molecule has 0 N–H and O–H groups in total. The van der Waals surface area contributed by atoms with Crippen molar-refractivity contribution in [2.24, 2.45) is 0 Å². The first-order chi connectivity index (χ1) is 12.4. The Morgan fingerprint density at radius 3 is 2.16 bits per heavy atom. The van der Waals surface area contributed by atoms with Gasteiger partial charge in [-0.3, -0.25) is 0 Å². The third-order valence-electron chi connectivity index (χ3n) is 4.14. The molecule has 4 heteroatoms. The fourth-order valence-corrected chi connectivity index (χ4v) is 3.86. The number of hydrogen-bond acceptors (Lipinski definition) is 4. The van der Waals surface area contributed by atoms with Crippen LogP contribution in [-0.2, 0) is 0 Å². The molecular weight excluding hydrogens is 326 g/mol. The smallest absolute Gasteiger partial charge is 0.189 e. The third-order valence-corrected chi connectivity index (χ3v) is 5.17. The van der Waals surface area contributed by atoms with Crippen molar-refractivity contribution in [2.45, 2.75) is 0 Å². The molecule has 0 bridgehead atoms. The molecule has 5 aromatic rings. The van der Waals surface area contributed by atoms with Gasteiger partial charge in [-0.25, -0.2) is 15.0 Å². The van der Waals surface area contributed by atoms with Crippen LogP contribution in [0.1, 0.15) is 0 Å². The van der Waals surface area contributed by atoms with Crippen molar-refractivity contribution < 1.29 is 0 Å². The first-order valence-electron chi connectivity index (χ1n) is 8.07. The number of thiazole rings is 1. The molecule has 2 aromatic heterocycles. The number of fused-ring (bicyclic) bond motifs is 2. The quantitative estimate of drug-likeness (QED) is 0.422. The molecule has 2 heterocycles. The first-order valence-corrected chi connectivity index (χ1v) is 8.88. The molecule has 0 saturated heterocycles. The standard InChI is InChI=1S/C21H13N3S/c1-2-8-14(9-3-1)19-15-10-4-5-11-16(15)22-20(24-19)21-23-17-12-6-7-13-18(17)25-21/h1-13H. The van der Waals surface area contributed by atoms with Gasteiger partial charge >= 0.3 is 0 Å². The molecular formula is C21H13N3S. The molecule has 25 heavy (non-hydrogen) atoms. The molecule has 0 aliphatic carbocycles. The molecule has 3 nitrogen and oxygen atoms in total. The topological polar surface area (TPSA) is 38.7 Å². The van der Waals surface area contributed by atoms with Crippen molar-refractivity contribution in [3.05, 3.63) is 78.9 Å². The summed E-state index contributed by atoms with van der Waals surface area (Å²) in [5.74, 6) is 0.679. The van der Waals surface area contributed by atoms with Crippen LogP contribution in [0.3, 0.4) is 0 Å². The van der Waals surface area contributed by atoms with Crippen molar-refractivity contribution in [3.63, 3.8) is 0 Å². The average Bonchev–Trinajstić information content (AvgIpc) is 3.12. The number of rotatable bonds is 2. The summed E-state index contributed by atoms with van der Waals surface area (Å²) in [7, 11) is 0. The molecule has 3 aromatic carbocycles. The Kier molecular flexibility index (Phi) is 3.28. The Hall–Kier alpha value is -3.11.